The molecule has 1 atom stereocenters. The maximum atomic E-state index is 12.3. The Balaban J connectivity index is 1.44. The largest absolute Gasteiger partial charge is 0.481 e. The number of hydrogen-bond acceptors (Lipinski definition) is 3. The highest BCUT2D eigenvalue weighted by molar-refractivity contribution is 5.92. The van der Waals surface area contributed by atoms with E-state index in [9.17, 15) is 14.7 Å². The molecule has 3 N–H and O–H groups in total. The SMILES string of the molecule is O=C(NCC(Cc1cccc2ccccc12)C(=O)O)c1cc(C2CC2)[nH]n1. The number of rotatable bonds is 7. The summed E-state index contributed by atoms with van der Waals surface area (Å²) in [5.74, 6) is -1.50. The first-order chi connectivity index (χ1) is 13.1. The number of nitrogens with one attached hydrogen (secondary N) is 2. The number of carboxylic acids is 1. The summed E-state index contributed by atoms with van der Waals surface area (Å²) in [5.41, 5.74) is 2.25. The Bertz CT molecular complexity index is 986. The normalized spacial score (nSPS) is 14.8. The van der Waals surface area contributed by atoms with Crippen molar-refractivity contribution in [3.05, 3.63) is 65.5 Å². The Morgan fingerprint density at radius 2 is 1.96 bits per heavy atom. The van der Waals surface area contributed by atoms with Crippen LogP contribution in [0.3, 0.4) is 0 Å². The molecule has 0 bridgehead atoms. The molecule has 1 heterocycles. The predicted octanol–water partition coefficient (Wildman–Crippen LogP) is 3.11. The third kappa shape index (κ3) is 3.84. The number of carbonyl (C=O) groups is 2. The molecular weight excluding hydrogens is 342 g/mol. The van der Waals surface area contributed by atoms with Crippen LogP contribution in [0, 0.1) is 5.92 Å². The smallest absolute Gasteiger partial charge is 0.308 e. The van der Waals surface area contributed by atoms with Gasteiger partial charge in [-0.25, -0.2) is 0 Å². The van der Waals surface area contributed by atoms with E-state index in [0.29, 0.717) is 18.0 Å². The van der Waals surface area contributed by atoms with Crippen LogP contribution in [-0.4, -0.2) is 33.7 Å². The fraction of sp³-hybridized carbons (Fsp3) is 0.286. The highest BCUT2D eigenvalue weighted by Crippen LogP contribution is 2.38. The standard InChI is InChI=1S/C21H21N3O3/c25-20(19-11-18(23-24-19)14-8-9-14)22-12-16(21(26)27)10-15-6-3-5-13-4-1-2-7-17(13)15/h1-7,11,14,16H,8-10,12H2,(H,22,25)(H,23,24)(H,26,27). The van der Waals surface area contributed by atoms with Gasteiger partial charge in [0, 0.05) is 18.2 Å². The minimum Gasteiger partial charge on any atom is -0.481 e. The number of amides is 1. The monoisotopic (exact) mass is 363 g/mol. The number of nitrogens with zero attached hydrogens (tertiary/aromatic N) is 1. The van der Waals surface area contributed by atoms with Crippen molar-refractivity contribution in [3.8, 4) is 0 Å². The second kappa shape index (κ2) is 7.23. The van der Waals surface area contributed by atoms with E-state index in [1.165, 1.54) is 0 Å². The zero-order valence-electron chi connectivity index (χ0n) is 14.8. The lowest BCUT2D eigenvalue weighted by atomic mass is 9.95. The van der Waals surface area contributed by atoms with Gasteiger partial charge in [-0.15, -0.1) is 0 Å². The number of aliphatic carboxylic acids is 1. The minimum atomic E-state index is -0.927. The van der Waals surface area contributed by atoms with Crippen LogP contribution in [0.4, 0.5) is 0 Å². The van der Waals surface area contributed by atoms with Crippen molar-refractivity contribution in [2.75, 3.05) is 6.54 Å². The second-order valence-electron chi connectivity index (χ2n) is 7.07. The van der Waals surface area contributed by atoms with Crippen LogP contribution in [0.25, 0.3) is 10.8 Å². The van der Waals surface area contributed by atoms with Crippen LogP contribution in [0.2, 0.25) is 0 Å². The second-order valence-corrected chi connectivity index (χ2v) is 7.07. The summed E-state index contributed by atoms with van der Waals surface area (Å²) >= 11 is 0. The molecule has 4 rings (SSSR count). The van der Waals surface area contributed by atoms with Gasteiger partial charge in [-0.3, -0.25) is 14.7 Å². The van der Waals surface area contributed by atoms with Crippen LogP contribution >= 0.6 is 0 Å². The van der Waals surface area contributed by atoms with Crippen LogP contribution in [0.5, 0.6) is 0 Å². The lowest BCUT2D eigenvalue weighted by Gasteiger charge is -2.14. The first-order valence-electron chi connectivity index (χ1n) is 9.15. The van der Waals surface area contributed by atoms with Crippen molar-refractivity contribution in [3.63, 3.8) is 0 Å². The van der Waals surface area contributed by atoms with E-state index in [1.54, 1.807) is 6.07 Å². The first-order valence-corrected chi connectivity index (χ1v) is 9.15. The van der Waals surface area contributed by atoms with E-state index in [0.717, 1.165) is 34.9 Å². The van der Waals surface area contributed by atoms with Gasteiger partial charge in [0.2, 0.25) is 0 Å². The third-order valence-electron chi connectivity index (χ3n) is 5.05. The molecule has 1 saturated carbocycles. The van der Waals surface area contributed by atoms with Crippen molar-refractivity contribution in [2.45, 2.75) is 25.2 Å². The van der Waals surface area contributed by atoms with Crippen molar-refractivity contribution < 1.29 is 14.7 Å². The maximum Gasteiger partial charge on any atom is 0.308 e. The Morgan fingerprint density at radius 1 is 1.19 bits per heavy atom. The van der Waals surface area contributed by atoms with Gasteiger partial charge >= 0.3 is 5.97 Å². The van der Waals surface area contributed by atoms with E-state index in [-0.39, 0.29) is 12.5 Å². The van der Waals surface area contributed by atoms with E-state index < -0.39 is 11.9 Å². The Morgan fingerprint density at radius 3 is 2.74 bits per heavy atom. The summed E-state index contributed by atoms with van der Waals surface area (Å²) in [6.07, 6.45) is 2.59. The van der Waals surface area contributed by atoms with Crippen LogP contribution in [0.1, 0.15) is 40.5 Å². The average Bonchev–Trinajstić information content (AvgIpc) is 3.41. The van der Waals surface area contributed by atoms with E-state index in [4.69, 9.17) is 0 Å². The molecule has 138 valence electrons. The molecule has 1 aromatic heterocycles. The number of carbonyl (C=O) groups excluding carboxylic acids is 1. The number of aromatic nitrogens is 2. The highest BCUT2D eigenvalue weighted by Gasteiger charge is 2.27. The van der Waals surface area contributed by atoms with Gasteiger partial charge in [0.25, 0.3) is 5.91 Å². The van der Waals surface area contributed by atoms with Gasteiger partial charge in [0.1, 0.15) is 5.69 Å². The molecule has 2 aromatic carbocycles. The van der Waals surface area contributed by atoms with Gasteiger partial charge in [0.15, 0.2) is 0 Å². The average molecular weight is 363 g/mol. The van der Waals surface area contributed by atoms with Gasteiger partial charge in [-0.05, 0) is 41.7 Å². The summed E-state index contributed by atoms with van der Waals surface area (Å²) in [7, 11) is 0. The molecule has 0 spiro atoms. The molecule has 1 fully saturated rings. The highest BCUT2D eigenvalue weighted by atomic mass is 16.4. The van der Waals surface area contributed by atoms with E-state index in [1.807, 2.05) is 42.5 Å². The van der Waals surface area contributed by atoms with E-state index in [2.05, 4.69) is 15.5 Å². The summed E-state index contributed by atoms with van der Waals surface area (Å²) < 4.78 is 0. The number of aromatic amines is 1. The lowest BCUT2D eigenvalue weighted by molar-refractivity contribution is -0.141. The first kappa shape index (κ1) is 17.3. The van der Waals surface area contributed by atoms with Gasteiger partial charge < -0.3 is 10.4 Å². The lowest BCUT2D eigenvalue weighted by Crippen LogP contribution is -2.34. The number of H-pyrrole nitrogens is 1. The zero-order chi connectivity index (χ0) is 18.8. The predicted molar refractivity (Wildman–Crippen MR) is 102 cm³/mol. The quantitative estimate of drug-likeness (QED) is 0.601. The molecule has 0 radical (unpaired) electrons. The molecular formula is C21H21N3O3. The minimum absolute atomic E-state index is 0.0585. The summed E-state index contributed by atoms with van der Waals surface area (Å²) in [6.45, 7) is 0.0585. The molecule has 6 nitrogen and oxygen atoms in total. The number of fused-ring (bicyclic) bond motifs is 1. The van der Waals surface area contributed by atoms with Crippen molar-refractivity contribution in [1.29, 1.82) is 0 Å². The van der Waals surface area contributed by atoms with Gasteiger partial charge in [-0.1, -0.05) is 42.5 Å². The fourth-order valence-corrected chi connectivity index (χ4v) is 3.35. The number of hydrogen-bond donors (Lipinski definition) is 3. The van der Waals surface area contributed by atoms with Crippen molar-refractivity contribution >= 4 is 22.6 Å². The Kier molecular flexibility index (Phi) is 4.62. The van der Waals surface area contributed by atoms with Crippen LogP contribution in [-0.2, 0) is 11.2 Å². The maximum absolute atomic E-state index is 12.3. The van der Waals surface area contributed by atoms with Crippen LogP contribution < -0.4 is 5.32 Å². The van der Waals surface area contributed by atoms with Gasteiger partial charge in [0.05, 0.1) is 5.92 Å². The van der Waals surface area contributed by atoms with Crippen molar-refractivity contribution in [2.24, 2.45) is 5.92 Å². The molecule has 3 aromatic rings. The fourth-order valence-electron chi connectivity index (χ4n) is 3.35. The van der Waals surface area contributed by atoms with Gasteiger partial charge in [-0.2, -0.15) is 5.10 Å². The van der Waals surface area contributed by atoms with Crippen LogP contribution in [0.15, 0.2) is 48.5 Å². The number of benzene rings is 2. The molecule has 6 heteroatoms. The molecule has 0 aliphatic heterocycles. The Labute approximate surface area is 156 Å². The summed E-state index contributed by atoms with van der Waals surface area (Å²) in [5, 5.41) is 21.4. The summed E-state index contributed by atoms with van der Waals surface area (Å²) in [6, 6.07) is 15.5. The molecule has 1 aliphatic rings. The molecule has 27 heavy (non-hydrogen) atoms. The number of carboxylic acid groups (broad SMARTS) is 1. The van der Waals surface area contributed by atoms with E-state index >= 15 is 0 Å². The zero-order valence-corrected chi connectivity index (χ0v) is 14.8. The Hall–Kier alpha value is -3.15. The molecule has 0 saturated heterocycles. The molecule has 1 unspecified atom stereocenters. The topological polar surface area (TPSA) is 95.1 Å². The molecule has 1 amide bonds. The van der Waals surface area contributed by atoms with Crippen molar-refractivity contribution in [1.82, 2.24) is 15.5 Å². The molecule has 1 aliphatic carbocycles. The third-order valence-corrected chi connectivity index (χ3v) is 5.05. The summed E-state index contributed by atoms with van der Waals surface area (Å²) in [4.78, 5) is 24.0.